The lowest BCUT2D eigenvalue weighted by Crippen LogP contribution is -2.42. The molecule has 1 saturated heterocycles. The highest BCUT2D eigenvalue weighted by Gasteiger charge is 2.31. The number of nitrogens with zero attached hydrogens (tertiary/aromatic N) is 4. The van der Waals surface area contributed by atoms with Crippen molar-refractivity contribution in [3.63, 3.8) is 0 Å². The summed E-state index contributed by atoms with van der Waals surface area (Å²) < 4.78 is 1.46. The Morgan fingerprint density at radius 1 is 0.960 bits per heavy atom. The number of para-hydroxylation sites is 1. The van der Waals surface area contributed by atoms with Crippen LogP contribution >= 0.6 is 0 Å². The molecule has 0 radical (unpaired) electrons. The molecule has 3 aromatic rings. The molecule has 2 atom stereocenters. The summed E-state index contributed by atoms with van der Waals surface area (Å²) in [5.41, 5.74) is 1.25. The fourth-order valence-corrected chi connectivity index (χ4v) is 4.61. The molecule has 5 nitrogen and oxygen atoms in total. The summed E-state index contributed by atoms with van der Waals surface area (Å²) in [6, 6.07) is 11.4. The van der Waals surface area contributed by atoms with E-state index in [0.717, 1.165) is 36.3 Å². The van der Waals surface area contributed by atoms with E-state index in [9.17, 15) is 4.79 Å². The van der Waals surface area contributed by atoms with Crippen molar-refractivity contribution in [2.45, 2.75) is 32.1 Å². The van der Waals surface area contributed by atoms with Crippen LogP contribution in [-0.4, -0.2) is 27.7 Å². The first-order chi connectivity index (χ1) is 12.3. The summed E-state index contributed by atoms with van der Waals surface area (Å²) in [4.78, 5) is 19.7. The van der Waals surface area contributed by atoms with Gasteiger partial charge < -0.3 is 4.90 Å². The summed E-state index contributed by atoms with van der Waals surface area (Å²) in [5.74, 6) is 2.57. The summed E-state index contributed by atoms with van der Waals surface area (Å²) in [6.45, 7) is 2.11. The zero-order valence-electron chi connectivity index (χ0n) is 14.3. The number of anilines is 1. The second-order valence-corrected chi connectivity index (χ2v) is 7.43. The van der Waals surface area contributed by atoms with Crippen molar-refractivity contribution in [3.05, 3.63) is 46.8 Å². The van der Waals surface area contributed by atoms with Crippen molar-refractivity contribution in [3.8, 4) is 0 Å². The minimum absolute atomic E-state index is 0.0880. The lowest BCUT2D eigenvalue weighted by atomic mass is 9.75. The van der Waals surface area contributed by atoms with E-state index in [0.29, 0.717) is 11.0 Å². The first-order valence-corrected chi connectivity index (χ1v) is 9.33. The number of fused-ring (bicyclic) bond motifs is 3. The normalized spacial score (nSPS) is 23.8. The molecule has 1 aliphatic heterocycles. The van der Waals surface area contributed by atoms with Crippen LogP contribution in [0.25, 0.3) is 16.6 Å². The molecule has 25 heavy (non-hydrogen) atoms. The van der Waals surface area contributed by atoms with Crippen LogP contribution in [0.3, 0.4) is 0 Å². The van der Waals surface area contributed by atoms with Gasteiger partial charge in [0.15, 0.2) is 5.65 Å². The Labute approximate surface area is 146 Å². The molecule has 5 rings (SSSR count). The van der Waals surface area contributed by atoms with Gasteiger partial charge in [-0.25, -0.2) is 4.98 Å². The van der Waals surface area contributed by atoms with Gasteiger partial charge in [0.1, 0.15) is 5.82 Å². The molecule has 1 aliphatic carbocycles. The van der Waals surface area contributed by atoms with Crippen LogP contribution in [-0.2, 0) is 0 Å². The quantitative estimate of drug-likeness (QED) is 0.641. The molecule has 3 heterocycles. The van der Waals surface area contributed by atoms with Gasteiger partial charge in [0.2, 0.25) is 0 Å². The first kappa shape index (κ1) is 14.9. The third kappa shape index (κ3) is 2.49. The topological polar surface area (TPSA) is 50.5 Å². The van der Waals surface area contributed by atoms with Crippen LogP contribution in [0.2, 0.25) is 0 Å². The Kier molecular flexibility index (Phi) is 3.47. The largest absolute Gasteiger partial charge is 0.355 e. The Hall–Kier alpha value is -2.43. The van der Waals surface area contributed by atoms with Gasteiger partial charge in [-0.15, -0.1) is 5.10 Å². The van der Waals surface area contributed by atoms with E-state index in [-0.39, 0.29) is 5.56 Å². The SMILES string of the molecule is O=c1c2ccccc2nc2ccc(N3CCC4CCCCC4C3)nn12. The number of hydrogen-bond acceptors (Lipinski definition) is 4. The smallest absolute Gasteiger partial charge is 0.282 e. The Bertz CT molecular complexity index is 996. The molecule has 1 saturated carbocycles. The summed E-state index contributed by atoms with van der Waals surface area (Å²) in [7, 11) is 0. The maximum Gasteiger partial charge on any atom is 0.282 e. The molecule has 2 fully saturated rings. The highest BCUT2D eigenvalue weighted by atomic mass is 16.1. The highest BCUT2D eigenvalue weighted by Crippen LogP contribution is 2.37. The maximum atomic E-state index is 12.8. The zero-order valence-corrected chi connectivity index (χ0v) is 14.3. The number of piperidine rings is 1. The van der Waals surface area contributed by atoms with Gasteiger partial charge in [-0.1, -0.05) is 31.4 Å². The van der Waals surface area contributed by atoms with Crippen LogP contribution in [0.15, 0.2) is 41.2 Å². The molecule has 2 aromatic heterocycles. The number of aromatic nitrogens is 3. The molecule has 0 amide bonds. The van der Waals surface area contributed by atoms with Gasteiger partial charge in [-0.2, -0.15) is 4.52 Å². The molecule has 5 heteroatoms. The molecule has 0 N–H and O–H groups in total. The minimum Gasteiger partial charge on any atom is -0.355 e. The molecule has 2 aliphatic rings. The lowest BCUT2D eigenvalue weighted by molar-refractivity contribution is 0.202. The molecule has 1 aromatic carbocycles. The monoisotopic (exact) mass is 334 g/mol. The predicted octanol–water partition coefficient (Wildman–Crippen LogP) is 3.26. The van der Waals surface area contributed by atoms with E-state index >= 15 is 0 Å². The van der Waals surface area contributed by atoms with Crippen LogP contribution in [0, 0.1) is 11.8 Å². The average Bonchev–Trinajstić information content (AvgIpc) is 2.68. The van der Waals surface area contributed by atoms with Crippen molar-refractivity contribution in [2.24, 2.45) is 11.8 Å². The Balaban J connectivity index is 1.55. The molecule has 0 spiro atoms. The predicted molar refractivity (Wildman–Crippen MR) is 99.0 cm³/mol. The van der Waals surface area contributed by atoms with Gasteiger partial charge in [0.05, 0.1) is 10.9 Å². The average molecular weight is 334 g/mol. The van der Waals surface area contributed by atoms with Crippen molar-refractivity contribution in [2.75, 3.05) is 18.0 Å². The lowest BCUT2D eigenvalue weighted by Gasteiger charge is -2.41. The van der Waals surface area contributed by atoms with Crippen LogP contribution in [0.5, 0.6) is 0 Å². The number of rotatable bonds is 1. The maximum absolute atomic E-state index is 12.8. The minimum atomic E-state index is -0.0880. The summed E-state index contributed by atoms with van der Waals surface area (Å²) in [6.07, 6.45) is 6.72. The number of hydrogen-bond donors (Lipinski definition) is 0. The van der Waals surface area contributed by atoms with Gasteiger partial charge >= 0.3 is 0 Å². The van der Waals surface area contributed by atoms with Crippen molar-refractivity contribution in [1.29, 1.82) is 0 Å². The molecule has 0 bridgehead atoms. The van der Waals surface area contributed by atoms with E-state index < -0.39 is 0 Å². The van der Waals surface area contributed by atoms with E-state index in [1.165, 1.54) is 36.6 Å². The Morgan fingerprint density at radius 2 is 1.80 bits per heavy atom. The second-order valence-electron chi connectivity index (χ2n) is 7.43. The standard InChI is InChI=1S/C20H22N4O/c25-20-16-7-3-4-8-17(16)21-18-9-10-19(22-24(18)20)23-12-11-14-5-1-2-6-15(14)13-23/h3-4,7-10,14-15H,1-2,5-6,11-13H2. The highest BCUT2D eigenvalue weighted by molar-refractivity contribution is 5.79. The van der Waals surface area contributed by atoms with Gasteiger partial charge in [-0.3, -0.25) is 4.79 Å². The summed E-state index contributed by atoms with van der Waals surface area (Å²) in [5, 5.41) is 5.27. The number of benzene rings is 1. The Morgan fingerprint density at radius 3 is 2.72 bits per heavy atom. The third-order valence-corrected chi connectivity index (χ3v) is 5.98. The van der Waals surface area contributed by atoms with Gasteiger partial charge in [-0.05, 0) is 48.9 Å². The van der Waals surface area contributed by atoms with Gasteiger partial charge in [0.25, 0.3) is 5.56 Å². The fraction of sp³-hybridized carbons (Fsp3) is 0.450. The second kappa shape index (κ2) is 5.83. The zero-order chi connectivity index (χ0) is 16.8. The third-order valence-electron chi connectivity index (χ3n) is 5.98. The molecule has 128 valence electrons. The van der Waals surface area contributed by atoms with Gasteiger partial charge in [0, 0.05) is 13.1 Å². The van der Waals surface area contributed by atoms with E-state index in [1.807, 2.05) is 36.4 Å². The van der Waals surface area contributed by atoms with Crippen molar-refractivity contribution >= 4 is 22.4 Å². The van der Waals surface area contributed by atoms with Crippen LogP contribution in [0.4, 0.5) is 5.82 Å². The molecule has 2 unspecified atom stereocenters. The summed E-state index contributed by atoms with van der Waals surface area (Å²) >= 11 is 0. The first-order valence-electron chi connectivity index (χ1n) is 9.33. The fourth-order valence-electron chi connectivity index (χ4n) is 4.61. The van der Waals surface area contributed by atoms with E-state index in [1.54, 1.807) is 0 Å². The van der Waals surface area contributed by atoms with E-state index in [2.05, 4.69) is 15.0 Å². The van der Waals surface area contributed by atoms with Crippen LogP contribution in [0.1, 0.15) is 32.1 Å². The molecular formula is C20H22N4O. The molecular weight excluding hydrogens is 312 g/mol. The van der Waals surface area contributed by atoms with Crippen molar-refractivity contribution < 1.29 is 0 Å². The van der Waals surface area contributed by atoms with Crippen molar-refractivity contribution in [1.82, 2.24) is 14.6 Å². The van der Waals surface area contributed by atoms with E-state index in [4.69, 9.17) is 0 Å². The van der Waals surface area contributed by atoms with Crippen LogP contribution < -0.4 is 10.5 Å².